The Hall–Kier alpha value is -2.69. The van der Waals surface area contributed by atoms with E-state index in [1.807, 2.05) is 0 Å². The maximum Gasteiger partial charge on any atom is 0.339 e. The minimum Gasteiger partial charge on any atom is -0.496 e. The van der Waals surface area contributed by atoms with Crippen molar-refractivity contribution in [2.45, 2.75) is 30.7 Å². The first-order valence-electron chi connectivity index (χ1n) is 8.86. The van der Waals surface area contributed by atoms with E-state index in [-0.39, 0.29) is 0 Å². The molecule has 1 aromatic carbocycles. The van der Waals surface area contributed by atoms with Gasteiger partial charge in [-0.1, -0.05) is 18.2 Å². The van der Waals surface area contributed by atoms with Crippen LogP contribution in [0.4, 0.5) is 0 Å². The molecule has 1 aliphatic heterocycles. The molecule has 1 saturated heterocycles. The van der Waals surface area contributed by atoms with Gasteiger partial charge >= 0.3 is 5.63 Å². The highest BCUT2D eigenvalue weighted by molar-refractivity contribution is 5.67. The predicted molar refractivity (Wildman–Crippen MR) is 101 cm³/mol. The molecule has 0 amide bonds. The highest BCUT2D eigenvalue weighted by Crippen LogP contribution is 2.25. The molecule has 3 rings (SSSR count). The lowest BCUT2D eigenvalue weighted by molar-refractivity contribution is -0.277. The predicted octanol–water partition coefficient (Wildman–Crippen LogP) is -0.00250. The quantitative estimate of drug-likeness (QED) is 0.522. The van der Waals surface area contributed by atoms with Gasteiger partial charge in [0.25, 0.3) is 0 Å². The smallest absolute Gasteiger partial charge is 0.339 e. The highest BCUT2D eigenvalue weighted by Gasteiger charge is 2.44. The van der Waals surface area contributed by atoms with Crippen LogP contribution in [0.5, 0.6) is 11.5 Å². The molecule has 0 spiro atoms. The lowest BCUT2D eigenvalue weighted by atomic mass is 9.99. The van der Waals surface area contributed by atoms with E-state index < -0.39 is 42.9 Å². The van der Waals surface area contributed by atoms with Gasteiger partial charge in [-0.3, -0.25) is 0 Å². The molecule has 1 aliphatic rings. The summed E-state index contributed by atoms with van der Waals surface area (Å²) in [6, 6.07) is 9.48. The van der Waals surface area contributed by atoms with Crippen LogP contribution in [0.1, 0.15) is 11.3 Å². The third kappa shape index (κ3) is 5.03. The Bertz CT molecular complexity index is 888. The standard InChI is InChI=1S/C20H22O9/c1-26-14-8-13(27-16(22)9-14)7-4-11-2-5-12(6-3-11)28-20-19(25)18(24)17(23)15(10-21)29-20/h2-9,15,17-21,23-25H,10H2,1H3/b7-4+/t15-,17-,18+,19-,20+/m1/s1. The molecule has 0 unspecified atom stereocenters. The molecule has 4 N–H and O–H groups in total. The zero-order chi connectivity index (χ0) is 21.0. The summed E-state index contributed by atoms with van der Waals surface area (Å²) in [5, 5.41) is 38.8. The maximum atomic E-state index is 11.5. The van der Waals surface area contributed by atoms with E-state index in [2.05, 4.69) is 0 Å². The van der Waals surface area contributed by atoms with Gasteiger partial charge in [0.05, 0.1) is 19.8 Å². The van der Waals surface area contributed by atoms with Crippen LogP contribution < -0.4 is 15.1 Å². The summed E-state index contributed by atoms with van der Waals surface area (Å²) in [7, 11) is 1.45. The summed E-state index contributed by atoms with van der Waals surface area (Å²) in [6.07, 6.45) is -3.41. The van der Waals surface area contributed by atoms with Gasteiger partial charge in [0, 0.05) is 6.07 Å². The molecule has 2 heterocycles. The van der Waals surface area contributed by atoms with Crippen molar-refractivity contribution in [3.05, 3.63) is 58.1 Å². The van der Waals surface area contributed by atoms with Crippen LogP contribution in [0.25, 0.3) is 12.2 Å². The molecule has 2 aromatic rings. The summed E-state index contributed by atoms with van der Waals surface area (Å²) in [5.41, 5.74) is 0.254. The van der Waals surface area contributed by atoms with Crippen LogP contribution in [0.3, 0.4) is 0 Å². The lowest BCUT2D eigenvalue weighted by Crippen LogP contribution is -2.60. The van der Waals surface area contributed by atoms with Crippen LogP contribution in [-0.2, 0) is 4.74 Å². The molecule has 9 nitrogen and oxygen atoms in total. The lowest BCUT2D eigenvalue weighted by Gasteiger charge is -2.39. The fourth-order valence-electron chi connectivity index (χ4n) is 2.81. The van der Waals surface area contributed by atoms with Crippen LogP contribution in [0.15, 0.2) is 45.6 Å². The van der Waals surface area contributed by atoms with E-state index in [1.54, 1.807) is 42.5 Å². The number of aliphatic hydroxyl groups is 4. The number of hydrogen-bond donors (Lipinski definition) is 4. The molecular weight excluding hydrogens is 384 g/mol. The average Bonchev–Trinajstić information content (AvgIpc) is 2.73. The fourth-order valence-corrected chi connectivity index (χ4v) is 2.81. The van der Waals surface area contributed by atoms with Crippen molar-refractivity contribution < 1.29 is 39.1 Å². The summed E-state index contributed by atoms with van der Waals surface area (Å²) in [4.78, 5) is 11.5. The van der Waals surface area contributed by atoms with Gasteiger partial charge in [-0.25, -0.2) is 4.79 Å². The minimum absolute atomic E-state index is 0.330. The van der Waals surface area contributed by atoms with Crippen LogP contribution >= 0.6 is 0 Å². The normalized spacial score (nSPS) is 27.1. The van der Waals surface area contributed by atoms with E-state index in [0.29, 0.717) is 17.3 Å². The zero-order valence-electron chi connectivity index (χ0n) is 15.5. The molecule has 0 saturated carbocycles. The Balaban J connectivity index is 1.67. The monoisotopic (exact) mass is 406 g/mol. The molecule has 0 radical (unpaired) electrons. The van der Waals surface area contributed by atoms with Gasteiger partial charge in [-0.05, 0) is 23.8 Å². The number of aliphatic hydroxyl groups excluding tert-OH is 4. The minimum atomic E-state index is -1.51. The fraction of sp³-hybridized carbons (Fsp3) is 0.350. The van der Waals surface area contributed by atoms with Gasteiger partial charge in [0.15, 0.2) is 0 Å². The van der Waals surface area contributed by atoms with E-state index in [9.17, 15) is 25.2 Å². The number of ether oxygens (including phenoxy) is 3. The third-order valence-corrected chi connectivity index (χ3v) is 4.42. The van der Waals surface area contributed by atoms with Crippen LogP contribution in [-0.4, -0.2) is 64.8 Å². The van der Waals surface area contributed by atoms with Gasteiger partial charge in [0.1, 0.15) is 41.7 Å². The molecular formula is C20H22O9. The van der Waals surface area contributed by atoms with E-state index in [0.717, 1.165) is 5.56 Å². The van der Waals surface area contributed by atoms with Crippen molar-refractivity contribution in [1.82, 2.24) is 0 Å². The largest absolute Gasteiger partial charge is 0.496 e. The topological polar surface area (TPSA) is 139 Å². The SMILES string of the molecule is COc1cc(/C=C/c2ccc(O[C@H]3O[C@H](CO)[C@@H](O)[C@H](O)[C@H]3O)cc2)oc(=O)c1. The maximum absolute atomic E-state index is 11.5. The average molecular weight is 406 g/mol. The number of rotatable bonds is 6. The first-order chi connectivity index (χ1) is 13.9. The summed E-state index contributed by atoms with van der Waals surface area (Å²) < 4.78 is 20.9. The summed E-state index contributed by atoms with van der Waals surface area (Å²) in [6.45, 7) is -0.533. The van der Waals surface area contributed by atoms with Crippen molar-refractivity contribution in [1.29, 1.82) is 0 Å². The van der Waals surface area contributed by atoms with Crippen LogP contribution in [0, 0.1) is 0 Å². The molecule has 156 valence electrons. The Labute approximate surface area is 166 Å². The van der Waals surface area contributed by atoms with E-state index in [4.69, 9.17) is 18.6 Å². The van der Waals surface area contributed by atoms with Crippen molar-refractivity contribution in [2.75, 3.05) is 13.7 Å². The second kappa shape index (κ2) is 9.21. The first kappa shape index (κ1) is 21.0. The van der Waals surface area contributed by atoms with Crippen molar-refractivity contribution in [2.24, 2.45) is 0 Å². The van der Waals surface area contributed by atoms with Gasteiger partial charge in [-0.15, -0.1) is 0 Å². The van der Waals surface area contributed by atoms with Crippen LogP contribution in [0.2, 0.25) is 0 Å². The summed E-state index contributed by atoms with van der Waals surface area (Å²) >= 11 is 0. The van der Waals surface area contributed by atoms with Crippen molar-refractivity contribution in [3.8, 4) is 11.5 Å². The number of benzene rings is 1. The van der Waals surface area contributed by atoms with Gasteiger partial charge in [-0.2, -0.15) is 0 Å². The molecule has 1 aromatic heterocycles. The zero-order valence-corrected chi connectivity index (χ0v) is 15.5. The Kier molecular flexibility index (Phi) is 6.68. The van der Waals surface area contributed by atoms with E-state index in [1.165, 1.54) is 13.2 Å². The molecule has 29 heavy (non-hydrogen) atoms. The molecule has 0 bridgehead atoms. The third-order valence-electron chi connectivity index (χ3n) is 4.42. The van der Waals surface area contributed by atoms with Gasteiger partial charge < -0.3 is 39.1 Å². The molecule has 5 atom stereocenters. The Morgan fingerprint density at radius 3 is 2.38 bits per heavy atom. The second-order valence-electron chi connectivity index (χ2n) is 6.44. The van der Waals surface area contributed by atoms with Crippen molar-refractivity contribution in [3.63, 3.8) is 0 Å². The Morgan fingerprint density at radius 1 is 1.00 bits per heavy atom. The van der Waals surface area contributed by atoms with E-state index >= 15 is 0 Å². The number of methoxy groups -OCH3 is 1. The summed E-state index contributed by atoms with van der Waals surface area (Å²) in [5.74, 6) is 1.07. The molecule has 0 aliphatic carbocycles. The highest BCUT2D eigenvalue weighted by atomic mass is 16.7. The van der Waals surface area contributed by atoms with Gasteiger partial charge in [0.2, 0.25) is 6.29 Å². The molecule has 9 heteroatoms. The first-order valence-corrected chi connectivity index (χ1v) is 8.86. The Morgan fingerprint density at radius 2 is 1.72 bits per heavy atom. The molecule has 1 fully saturated rings. The second-order valence-corrected chi connectivity index (χ2v) is 6.44. The van der Waals surface area contributed by atoms with Crippen molar-refractivity contribution >= 4 is 12.2 Å². The number of hydrogen-bond acceptors (Lipinski definition) is 9.